The second-order valence-electron chi connectivity index (χ2n) is 4.29. The van der Waals surface area contributed by atoms with E-state index in [1.165, 1.54) is 0 Å². The summed E-state index contributed by atoms with van der Waals surface area (Å²) in [5.74, 6) is 0.619. The summed E-state index contributed by atoms with van der Waals surface area (Å²) in [6.45, 7) is 11.8. The van der Waals surface area contributed by atoms with Crippen LogP contribution in [0.4, 0.5) is 6.01 Å². The number of nitrogens with one attached hydrogen (secondary N) is 1. The summed E-state index contributed by atoms with van der Waals surface area (Å²) in [6.07, 6.45) is 0. The highest BCUT2D eigenvalue weighted by atomic mass is 16.5. The van der Waals surface area contributed by atoms with Crippen molar-refractivity contribution in [1.29, 1.82) is 0 Å². The van der Waals surface area contributed by atoms with Crippen molar-refractivity contribution in [3.8, 4) is 0 Å². The van der Waals surface area contributed by atoms with E-state index in [4.69, 9.17) is 9.15 Å². The first-order chi connectivity index (χ1) is 8.67. The SMILES string of the molecule is CCOCCN(CC)c1nnc(CNC(C)C)o1. The maximum atomic E-state index is 5.60. The fraction of sp³-hybridized carbons (Fsp3) is 0.833. The molecular weight excluding hydrogens is 232 g/mol. The highest BCUT2D eigenvalue weighted by Gasteiger charge is 2.12. The lowest BCUT2D eigenvalue weighted by molar-refractivity contribution is 0.153. The van der Waals surface area contributed by atoms with Gasteiger partial charge in [0.25, 0.3) is 0 Å². The Labute approximate surface area is 109 Å². The first-order valence-electron chi connectivity index (χ1n) is 6.55. The van der Waals surface area contributed by atoms with E-state index in [9.17, 15) is 0 Å². The van der Waals surface area contributed by atoms with Crippen LogP contribution in [0.2, 0.25) is 0 Å². The van der Waals surface area contributed by atoms with E-state index in [1.54, 1.807) is 0 Å². The zero-order chi connectivity index (χ0) is 13.4. The van der Waals surface area contributed by atoms with E-state index < -0.39 is 0 Å². The number of anilines is 1. The maximum absolute atomic E-state index is 5.60. The van der Waals surface area contributed by atoms with Gasteiger partial charge in [0.05, 0.1) is 13.2 Å². The van der Waals surface area contributed by atoms with Gasteiger partial charge in [-0.15, -0.1) is 5.10 Å². The van der Waals surface area contributed by atoms with E-state index in [1.807, 2.05) is 11.8 Å². The minimum atomic E-state index is 0.403. The van der Waals surface area contributed by atoms with Crippen LogP contribution in [-0.2, 0) is 11.3 Å². The fourth-order valence-electron chi connectivity index (χ4n) is 1.44. The normalized spacial score (nSPS) is 11.2. The molecule has 0 amide bonds. The van der Waals surface area contributed by atoms with Gasteiger partial charge < -0.3 is 19.4 Å². The first-order valence-corrected chi connectivity index (χ1v) is 6.55. The Morgan fingerprint density at radius 2 is 2.11 bits per heavy atom. The third kappa shape index (κ3) is 5.01. The average Bonchev–Trinajstić information content (AvgIpc) is 2.81. The summed E-state index contributed by atoms with van der Waals surface area (Å²) in [7, 11) is 0. The average molecular weight is 256 g/mol. The van der Waals surface area contributed by atoms with E-state index in [0.29, 0.717) is 31.1 Å². The van der Waals surface area contributed by atoms with Crippen molar-refractivity contribution in [1.82, 2.24) is 15.5 Å². The molecule has 0 aliphatic carbocycles. The van der Waals surface area contributed by atoms with Crippen LogP contribution in [0.1, 0.15) is 33.6 Å². The minimum Gasteiger partial charge on any atom is -0.407 e. The van der Waals surface area contributed by atoms with Crippen molar-refractivity contribution in [2.45, 2.75) is 40.3 Å². The molecule has 0 saturated heterocycles. The fourth-order valence-corrected chi connectivity index (χ4v) is 1.44. The lowest BCUT2D eigenvalue weighted by Gasteiger charge is -2.17. The van der Waals surface area contributed by atoms with Crippen LogP contribution in [0.5, 0.6) is 0 Å². The molecule has 0 atom stereocenters. The number of aromatic nitrogens is 2. The van der Waals surface area contributed by atoms with Gasteiger partial charge in [0.1, 0.15) is 0 Å². The summed E-state index contributed by atoms with van der Waals surface area (Å²) in [5.41, 5.74) is 0. The predicted molar refractivity (Wildman–Crippen MR) is 70.7 cm³/mol. The zero-order valence-electron chi connectivity index (χ0n) is 11.8. The van der Waals surface area contributed by atoms with Crippen LogP contribution in [0.25, 0.3) is 0 Å². The molecule has 0 unspecified atom stereocenters. The lowest BCUT2D eigenvalue weighted by atomic mass is 10.4. The predicted octanol–water partition coefficient (Wildman–Crippen LogP) is 1.43. The second kappa shape index (κ2) is 8.05. The molecule has 0 aromatic carbocycles. The van der Waals surface area contributed by atoms with Crippen LogP contribution in [-0.4, -0.2) is 42.5 Å². The van der Waals surface area contributed by atoms with Crippen LogP contribution in [0, 0.1) is 0 Å². The molecule has 0 bridgehead atoms. The molecule has 0 aliphatic rings. The highest BCUT2D eigenvalue weighted by Crippen LogP contribution is 2.11. The number of hydrogen-bond donors (Lipinski definition) is 1. The molecule has 6 nitrogen and oxygen atoms in total. The Morgan fingerprint density at radius 1 is 1.33 bits per heavy atom. The second-order valence-corrected chi connectivity index (χ2v) is 4.29. The summed E-state index contributed by atoms with van der Waals surface area (Å²) in [6, 6.07) is 0.971. The van der Waals surface area contributed by atoms with Gasteiger partial charge >= 0.3 is 6.01 Å². The Morgan fingerprint density at radius 3 is 2.72 bits per heavy atom. The summed E-state index contributed by atoms with van der Waals surface area (Å²) in [5, 5.41) is 11.3. The molecule has 0 aliphatic heterocycles. The van der Waals surface area contributed by atoms with E-state index >= 15 is 0 Å². The number of nitrogens with zero attached hydrogens (tertiary/aromatic N) is 3. The van der Waals surface area contributed by atoms with Crippen molar-refractivity contribution >= 4 is 6.01 Å². The molecular formula is C12H24N4O2. The molecule has 18 heavy (non-hydrogen) atoms. The van der Waals surface area contributed by atoms with Gasteiger partial charge in [-0.3, -0.25) is 0 Å². The Hall–Kier alpha value is -1.14. The van der Waals surface area contributed by atoms with Crippen molar-refractivity contribution in [2.24, 2.45) is 0 Å². The molecule has 1 heterocycles. The maximum Gasteiger partial charge on any atom is 0.318 e. The molecule has 0 fully saturated rings. The highest BCUT2D eigenvalue weighted by molar-refractivity contribution is 5.23. The quantitative estimate of drug-likeness (QED) is 0.674. The van der Waals surface area contributed by atoms with Crippen LogP contribution >= 0.6 is 0 Å². The zero-order valence-corrected chi connectivity index (χ0v) is 11.8. The number of likely N-dealkylation sites (N-methyl/N-ethyl adjacent to an activating group) is 1. The van der Waals surface area contributed by atoms with E-state index in [0.717, 1.165) is 19.7 Å². The molecule has 104 valence electrons. The van der Waals surface area contributed by atoms with Gasteiger partial charge in [-0.2, -0.15) is 0 Å². The largest absolute Gasteiger partial charge is 0.407 e. The van der Waals surface area contributed by atoms with Crippen LogP contribution in [0.3, 0.4) is 0 Å². The Kier molecular flexibility index (Phi) is 6.67. The molecule has 1 rings (SSSR count). The lowest BCUT2D eigenvalue weighted by Crippen LogP contribution is -2.27. The van der Waals surface area contributed by atoms with Crippen LogP contribution in [0.15, 0.2) is 4.42 Å². The summed E-state index contributed by atoms with van der Waals surface area (Å²) in [4.78, 5) is 2.02. The third-order valence-corrected chi connectivity index (χ3v) is 2.48. The molecule has 1 aromatic rings. The molecule has 6 heteroatoms. The molecule has 0 spiro atoms. The van der Waals surface area contributed by atoms with Crippen molar-refractivity contribution < 1.29 is 9.15 Å². The first kappa shape index (κ1) is 14.9. The van der Waals surface area contributed by atoms with Crippen molar-refractivity contribution in [2.75, 3.05) is 31.2 Å². The van der Waals surface area contributed by atoms with Crippen molar-refractivity contribution in [3.63, 3.8) is 0 Å². The summed E-state index contributed by atoms with van der Waals surface area (Å²) < 4.78 is 10.9. The Balaban J connectivity index is 2.47. The summed E-state index contributed by atoms with van der Waals surface area (Å²) >= 11 is 0. The number of ether oxygens (including phenoxy) is 1. The van der Waals surface area contributed by atoms with Gasteiger partial charge in [0, 0.05) is 25.7 Å². The van der Waals surface area contributed by atoms with Gasteiger partial charge in [-0.1, -0.05) is 18.9 Å². The topological polar surface area (TPSA) is 63.4 Å². The minimum absolute atomic E-state index is 0.403. The monoisotopic (exact) mass is 256 g/mol. The Bertz CT molecular complexity index is 328. The van der Waals surface area contributed by atoms with Gasteiger partial charge in [-0.25, -0.2) is 0 Å². The van der Waals surface area contributed by atoms with E-state index in [2.05, 4.69) is 36.3 Å². The number of rotatable bonds is 9. The molecule has 1 aromatic heterocycles. The van der Waals surface area contributed by atoms with E-state index in [-0.39, 0.29) is 0 Å². The third-order valence-electron chi connectivity index (χ3n) is 2.48. The van der Waals surface area contributed by atoms with Gasteiger partial charge in [-0.05, 0) is 13.8 Å². The van der Waals surface area contributed by atoms with Crippen LogP contribution < -0.4 is 10.2 Å². The van der Waals surface area contributed by atoms with Crippen molar-refractivity contribution in [3.05, 3.63) is 5.89 Å². The standard InChI is InChI=1S/C12H24N4O2/c1-5-16(7-8-17-6-2)12-15-14-11(18-12)9-13-10(3)4/h10,13H,5-9H2,1-4H3. The molecule has 0 radical (unpaired) electrons. The number of hydrogen-bond acceptors (Lipinski definition) is 6. The van der Waals surface area contributed by atoms with Gasteiger partial charge in [0.2, 0.25) is 5.89 Å². The van der Waals surface area contributed by atoms with Gasteiger partial charge in [0.15, 0.2) is 0 Å². The molecule has 0 saturated carbocycles. The molecule has 1 N–H and O–H groups in total. The smallest absolute Gasteiger partial charge is 0.318 e.